The number of non-ortho nitro benzene ring substituents is 1. The number of amides is 1. The first-order chi connectivity index (χ1) is 14.7. The third kappa shape index (κ3) is 6.33. The Morgan fingerprint density at radius 2 is 1.81 bits per heavy atom. The fourth-order valence-electron chi connectivity index (χ4n) is 2.95. The Morgan fingerprint density at radius 1 is 1.22 bits per heavy atom. The Labute approximate surface area is 182 Å². The maximum atomic E-state index is 12.9. The number of aryl methyl sites for hydroxylation is 1. The second-order valence-corrected chi connectivity index (χ2v) is 8.63. The summed E-state index contributed by atoms with van der Waals surface area (Å²) in [6, 6.07) is 6.67. The van der Waals surface area contributed by atoms with Crippen molar-refractivity contribution in [2.75, 3.05) is 15.9 Å². The van der Waals surface area contributed by atoms with E-state index in [0.717, 1.165) is 40.9 Å². The van der Waals surface area contributed by atoms with E-state index in [0.29, 0.717) is 5.56 Å². The maximum Gasteiger partial charge on any atom is 0.573 e. The van der Waals surface area contributed by atoms with E-state index in [1.54, 1.807) is 13.8 Å². The summed E-state index contributed by atoms with van der Waals surface area (Å²) in [5.74, 6) is -1.26. The average Bonchev–Trinajstić information content (AvgIpc) is 2.66. The van der Waals surface area contributed by atoms with Gasteiger partial charge in [-0.1, -0.05) is 13.0 Å². The van der Waals surface area contributed by atoms with Gasteiger partial charge >= 0.3 is 6.36 Å². The van der Waals surface area contributed by atoms with Crippen LogP contribution in [0.2, 0.25) is 0 Å². The van der Waals surface area contributed by atoms with Crippen molar-refractivity contribution in [2.45, 2.75) is 32.7 Å². The fraction of sp³-hybridized carbons (Fsp3) is 0.316. The van der Waals surface area contributed by atoms with Crippen LogP contribution in [0.15, 0.2) is 42.5 Å². The molecule has 0 radical (unpaired) electrons. The Hall–Kier alpha value is -3.35. The summed E-state index contributed by atoms with van der Waals surface area (Å²) in [6.45, 7) is 3.09. The largest absolute Gasteiger partial charge is 0.573 e. The predicted molar refractivity (Wildman–Crippen MR) is 111 cm³/mol. The van der Waals surface area contributed by atoms with Gasteiger partial charge in [-0.05, 0) is 43.2 Å². The molecule has 0 bridgehead atoms. The summed E-state index contributed by atoms with van der Waals surface area (Å²) in [5.41, 5.74) is 0.112. The van der Waals surface area contributed by atoms with Crippen LogP contribution in [0.5, 0.6) is 5.75 Å². The number of halogens is 3. The lowest BCUT2D eigenvalue weighted by atomic mass is 10.1. The zero-order valence-corrected chi connectivity index (χ0v) is 18.0. The second-order valence-electron chi connectivity index (χ2n) is 6.77. The highest BCUT2D eigenvalue weighted by Gasteiger charge is 2.34. The van der Waals surface area contributed by atoms with E-state index in [1.165, 1.54) is 12.1 Å². The molecular weight excluding hydrogens is 455 g/mol. The number of rotatable bonds is 8. The zero-order chi connectivity index (χ0) is 24.3. The van der Waals surface area contributed by atoms with Crippen molar-refractivity contribution in [3.8, 4) is 5.75 Å². The number of ether oxygens (including phenoxy) is 1. The lowest BCUT2D eigenvalue weighted by molar-refractivity contribution is -0.384. The molecule has 9 nitrogen and oxygen atoms in total. The third-order valence-corrected chi connectivity index (χ3v) is 5.49. The number of anilines is 2. The topological polar surface area (TPSA) is 119 Å². The number of nitro groups is 1. The van der Waals surface area contributed by atoms with E-state index in [4.69, 9.17) is 0 Å². The van der Waals surface area contributed by atoms with Crippen LogP contribution < -0.4 is 14.4 Å². The lowest BCUT2D eigenvalue weighted by Crippen LogP contribution is -2.47. The van der Waals surface area contributed by atoms with Crippen molar-refractivity contribution in [2.24, 2.45) is 0 Å². The highest BCUT2D eigenvalue weighted by atomic mass is 32.2. The van der Waals surface area contributed by atoms with Crippen molar-refractivity contribution in [3.63, 3.8) is 0 Å². The summed E-state index contributed by atoms with van der Waals surface area (Å²) in [7, 11) is -4.05. The molecule has 1 N–H and O–H groups in total. The average molecular weight is 475 g/mol. The molecule has 0 saturated carbocycles. The molecule has 0 saturated heterocycles. The van der Waals surface area contributed by atoms with Crippen LogP contribution in [0.25, 0.3) is 0 Å². The van der Waals surface area contributed by atoms with Crippen LogP contribution in [0.1, 0.15) is 18.9 Å². The van der Waals surface area contributed by atoms with Gasteiger partial charge in [-0.3, -0.25) is 19.2 Å². The Balaban J connectivity index is 2.37. The van der Waals surface area contributed by atoms with Crippen LogP contribution in [-0.4, -0.2) is 37.9 Å². The number of sulfonamides is 1. The molecule has 0 aliphatic carbocycles. The molecule has 0 aromatic heterocycles. The summed E-state index contributed by atoms with van der Waals surface area (Å²) in [6.07, 6.45) is -4.00. The van der Waals surface area contributed by atoms with E-state index in [2.05, 4.69) is 10.1 Å². The van der Waals surface area contributed by atoms with Gasteiger partial charge in [0.2, 0.25) is 15.9 Å². The normalized spacial score (nSPS) is 12.7. The Bertz CT molecular complexity index is 1100. The molecule has 0 spiro atoms. The van der Waals surface area contributed by atoms with Crippen LogP contribution in [0, 0.1) is 17.0 Å². The number of carbonyl (C=O) groups is 1. The standard InChI is InChI=1S/C19H20F3N3O6S/c1-4-16(18(26)23-13-6-9-15(10-7-13)31-19(20,21)22)24(32(3,29)30)17-11-14(25(27)28)8-5-12(17)2/h5-11,16H,4H2,1-3H3,(H,23,26)/t16-/m1/s1. The highest BCUT2D eigenvalue weighted by Crippen LogP contribution is 2.31. The molecular formula is C19H20F3N3O6S. The number of hydrogen-bond donors (Lipinski definition) is 1. The van der Waals surface area contributed by atoms with E-state index >= 15 is 0 Å². The predicted octanol–water partition coefficient (Wildman–Crippen LogP) is 3.99. The molecule has 13 heteroatoms. The quantitative estimate of drug-likeness (QED) is 0.456. The van der Waals surface area contributed by atoms with Gasteiger partial charge in [0.25, 0.3) is 5.69 Å². The number of hydrogen-bond acceptors (Lipinski definition) is 6. The van der Waals surface area contributed by atoms with Crippen molar-refractivity contribution < 1.29 is 36.0 Å². The van der Waals surface area contributed by atoms with Gasteiger partial charge in [0, 0.05) is 17.8 Å². The van der Waals surface area contributed by atoms with E-state index < -0.39 is 39.0 Å². The van der Waals surface area contributed by atoms with E-state index in [1.807, 2.05) is 0 Å². The molecule has 0 aliphatic rings. The maximum absolute atomic E-state index is 12.9. The number of nitrogens with zero attached hydrogens (tertiary/aromatic N) is 2. The molecule has 1 atom stereocenters. The van der Waals surface area contributed by atoms with Gasteiger partial charge in [-0.2, -0.15) is 0 Å². The number of benzene rings is 2. The molecule has 32 heavy (non-hydrogen) atoms. The third-order valence-electron chi connectivity index (χ3n) is 4.33. The molecule has 2 rings (SSSR count). The van der Waals surface area contributed by atoms with Crippen LogP contribution >= 0.6 is 0 Å². The number of nitro benzene ring substituents is 1. The van der Waals surface area contributed by atoms with Crippen LogP contribution in [0.4, 0.5) is 30.2 Å². The van der Waals surface area contributed by atoms with Gasteiger partial charge in [0.1, 0.15) is 11.8 Å². The first-order valence-electron chi connectivity index (χ1n) is 9.14. The van der Waals surface area contributed by atoms with Crippen molar-refractivity contribution in [3.05, 3.63) is 58.1 Å². The SMILES string of the molecule is CC[C@H](C(=O)Nc1ccc(OC(F)(F)F)cc1)N(c1cc([N+](=O)[O-])ccc1C)S(C)(=O)=O. The van der Waals surface area contributed by atoms with Crippen LogP contribution in [0.3, 0.4) is 0 Å². The van der Waals surface area contributed by atoms with E-state index in [9.17, 15) is 36.5 Å². The minimum Gasteiger partial charge on any atom is -0.406 e. The van der Waals surface area contributed by atoms with Gasteiger partial charge in [-0.25, -0.2) is 8.42 Å². The monoisotopic (exact) mass is 475 g/mol. The summed E-state index contributed by atoms with van der Waals surface area (Å²) in [5, 5.41) is 13.6. The molecule has 2 aromatic carbocycles. The number of nitrogens with one attached hydrogen (secondary N) is 1. The molecule has 0 unspecified atom stereocenters. The molecule has 0 heterocycles. The summed E-state index contributed by atoms with van der Waals surface area (Å²) in [4.78, 5) is 23.3. The molecule has 174 valence electrons. The zero-order valence-electron chi connectivity index (χ0n) is 17.2. The van der Waals surface area contributed by atoms with Gasteiger partial charge in [-0.15, -0.1) is 13.2 Å². The smallest absolute Gasteiger partial charge is 0.406 e. The first-order valence-corrected chi connectivity index (χ1v) is 11.0. The molecule has 2 aromatic rings. The fourth-order valence-corrected chi connectivity index (χ4v) is 4.21. The van der Waals surface area contributed by atoms with E-state index in [-0.39, 0.29) is 23.5 Å². The number of carbonyl (C=O) groups excluding carboxylic acids is 1. The Kier molecular flexibility index (Phi) is 7.34. The second kappa shape index (κ2) is 9.42. The minimum absolute atomic E-state index is 0.0102. The van der Waals surface area contributed by atoms with Crippen LogP contribution in [-0.2, 0) is 14.8 Å². The van der Waals surface area contributed by atoms with Gasteiger partial charge < -0.3 is 10.1 Å². The summed E-state index contributed by atoms with van der Waals surface area (Å²) >= 11 is 0. The van der Waals surface area contributed by atoms with Gasteiger partial charge in [0.05, 0.1) is 16.9 Å². The lowest BCUT2D eigenvalue weighted by Gasteiger charge is -2.31. The number of alkyl halides is 3. The van der Waals surface area contributed by atoms with Gasteiger partial charge in [0.15, 0.2) is 0 Å². The Morgan fingerprint density at radius 3 is 2.28 bits per heavy atom. The van der Waals surface area contributed by atoms with Crippen molar-refractivity contribution in [1.29, 1.82) is 0 Å². The molecule has 1 amide bonds. The highest BCUT2D eigenvalue weighted by molar-refractivity contribution is 7.92. The van der Waals surface area contributed by atoms with Crippen molar-refractivity contribution in [1.82, 2.24) is 0 Å². The minimum atomic E-state index is -4.87. The summed E-state index contributed by atoms with van der Waals surface area (Å²) < 4.78 is 66.5. The van der Waals surface area contributed by atoms with Crippen molar-refractivity contribution >= 4 is 33.0 Å². The molecule has 0 aliphatic heterocycles. The first kappa shape index (κ1) is 24.9. The molecule has 0 fully saturated rings.